The Hall–Kier alpha value is -4.24. The van der Waals surface area contributed by atoms with Crippen molar-refractivity contribution in [3.05, 3.63) is 63.8 Å². The van der Waals surface area contributed by atoms with E-state index >= 15 is 0 Å². The van der Waals surface area contributed by atoms with Gasteiger partial charge in [-0.15, -0.1) is 0 Å². The van der Waals surface area contributed by atoms with Crippen molar-refractivity contribution in [1.29, 1.82) is 10.5 Å². The lowest BCUT2D eigenvalue weighted by Crippen LogP contribution is -2.36. The summed E-state index contributed by atoms with van der Waals surface area (Å²) in [5.74, 6) is 0. The van der Waals surface area contributed by atoms with E-state index in [1.807, 2.05) is 57.0 Å². The fourth-order valence-electron chi connectivity index (χ4n) is 4.24. The zero-order valence-corrected chi connectivity index (χ0v) is 22.1. The summed E-state index contributed by atoms with van der Waals surface area (Å²) in [5.41, 5.74) is 2.34. The quantitative estimate of drug-likeness (QED) is 0.378. The number of aromatic nitrogens is 3. The maximum absolute atomic E-state index is 12.6. The van der Waals surface area contributed by atoms with Crippen molar-refractivity contribution in [2.45, 2.75) is 64.5 Å². The molecule has 1 saturated carbocycles. The number of nitrogens with zero attached hydrogens (tertiary/aromatic N) is 7. The third-order valence-electron chi connectivity index (χ3n) is 6.12. The number of aryl methyl sites for hydroxylation is 1. The molecule has 0 amide bonds. The first-order valence-electron chi connectivity index (χ1n) is 12.4. The second-order valence-corrected chi connectivity index (χ2v) is 9.97. The van der Waals surface area contributed by atoms with E-state index in [1.165, 1.54) is 11.0 Å². The molecule has 0 bridgehead atoms. The predicted molar refractivity (Wildman–Crippen MR) is 144 cm³/mol. The average Bonchev–Trinajstić information content (AvgIpc) is 2.90. The molecule has 0 unspecified atom stereocenters. The van der Waals surface area contributed by atoms with Crippen LogP contribution in [0.3, 0.4) is 0 Å². The highest BCUT2D eigenvalue weighted by atomic mass is 16.6. The van der Waals surface area contributed by atoms with Gasteiger partial charge in [0.25, 0.3) is 5.56 Å². The summed E-state index contributed by atoms with van der Waals surface area (Å²) in [6.45, 7) is 5.84. The van der Waals surface area contributed by atoms with Crippen LogP contribution in [-0.4, -0.2) is 39.4 Å². The first-order chi connectivity index (χ1) is 17.7. The Balaban J connectivity index is 0.000000248. The minimum Gasteiger partial charge on any atom is -0.390 e. The van der Waals surface area contributed by atoms with Gasteiger partial charge in [0.1, 0.15) is 34.5 Å². The van der Waals surface area contributed by atoms with Crippen molar-refractivity contribution in [3.8, 4) is 12.1 Å². The van der Waals surface area contributed by atoms with Crippen LogP contribution in [0.2, 0.25) is 0 Å². The maximum Gasteiger partial charge on any atom is 0.270 e. The summed E-state index contributed by atoms with van der Waals surface area (Å²) in [6, 6.07) is 13.3. The van der Waals surface area contributed by atoms with Gasteiger partial charge in [0, 0.05) is 26.3 Å². The molecule has 37 heavy (non-hydrogen) atoms. The van der Waals surface area contributed by atoms with Gasteiger partial charge in [-0.3, -0.25) is 9.78 Å². The minimum absolute atomic E-state index is 0.0978. The third-order valence-corrected chi connectivity index (χ3v) is 6.12. The fourth-order valence-corrected chi connectivity index (χ4v) is 4.24. The maximum atomic E-state index is 12.6. The van der Waals surface area contributed by atoms with Gasteiger partial charge >= 0.3 is 0 Å². The van der Waals surface area contributed by atoms with Crippen molar-refractivity contribution >= 4 is 22.9 Å². The average molecular weight is 500 g/mol. The van der Waals surface area contributed by atoms with E-state index in [9.17, 15) is 10.1 Å². The molecule has 9 nitrogen and oxygen atoms in total. The first-order valence-corrected chi connectivity index (χ1v) is 12.4. The molecule has 3 heterocycles. The molecular weight excluding hydrogens is 466 g/mol. The molecular formula is C28H33N7O2. The number of hydrogen-bond acceptors (Lipinski definition) is 8. The zero-order valence-electron chi connectivity index (χ0n) is 22.1. The molecule has 0 aromatic carbocycles. The lowest BCUT2D eigenvalue weighted by atomic mass is 9.93. The number of oxime groups is 1. The highest BCUT2D eigenvalue weighted by Crippen LogP contribution is 2.32. The van der Waals surface area contributed by atoms with Gasteiger partial charge in [-0.05, 0) is 57.9 Å². The summed E-state index contributed by atoms with van der Waals surface area (Å²) in [6.07, 6.45) is 8.92. The number of rotatable bonds is 4. The van der Waals surface area contributed by atoms with Crippen LogP contribution in [0.25, 0.3) is 11.0 Å². The van der Waals surface area contributed by atoms with E-state index in [-0.39, 0.29) is 28.5 Å². The lowest BCUT2D eigenvalue weighted by Gasteiger charge is -2.33. The van der Waals surface area contributed by atoms with Crippen LogP contribution in [-0.2, 0) is 11.9 Å². The molecule has 4 rings (SSSR count). The molecule has 0 atom stereocenters. The molecule has 0 saturated heterocycles. The van der Waals surface area contributed by atoms with Crippen molar-refractivity contribution < 1.29 is 4.84 Å². The minimum atomic E-state index is -0.325. The fraction of sp³-hybridized carbons (Fsp3) is 0.429. The van der Waals surface area contributed by atoms with Crippen LogP contribution in [0.1, 0.15) is 69.8 Å². The summed E-state index contributed by atoms with van der Waals surface area (Å²) in [7, 11) is 3.55. The molecule has 0 N–H and O–H groups in total. The second-order valence-electron chi connectivity index (χ2n) is 9.97. The molecule has 0 aliphatic heterocycles. The topological polar surface area (TPSA) is 120 Å². The zero-order chi connectivity index (χ0) is 27.0. The summed E-state index contributed by atoms with van der Waals surface area (Å²) in [4.78, 5) is 28.3. The number of anilines is 1. The van der Waals surface area contributed by atoms with Crippen LogP contribution < -0.4 is 10.5 Å². The molecule has 3 aromatic rings. The Labute approximate surface area is 217 Å². The Kier molecular flexibility index (Phi) is 8.97. The van der Waals surface area contributed by atoms with Crippen LogP contribution in [0, 0.1) is 22.7 Å². The van der Waals surface area contributed by atoms with Gasteiger partial charge in [-0.25, -0.2) is 4.98 Å². The van der Waals surface area contributed by atoms with Gasteiger partial charge in [-0.1, -0.05) is 30.5 Å². The van der Waals surface area contributed by atoms with E-state index < -0.39 is 0 Å². The Morgan fingerprint density at radius 1 is 1.14 bits per heavy atom. The van der Waals surface area contributed by atoms with Crippen LogP contribution in [0.5, 0.6) is 0 Å². The Morgan fingerprint density at radius 2 is 1.86 bits per heavy atom. The standard InChI is InChI=1S/C18H19N5O.C10H14N2O/c1-22(13-6-4-3-5-7-13)17-14(11-20)18(24)23(2)15-9-8-12(10-19)21-16(15)17;1-10(2,3)13-12-8-9-6-4-5-7-11-9/h8-9,13H,3-7H2,1-2H3;4-8H,1-3H3/b;12-8-. The van der Waals surface area contributed by atoms with E-state index in [1.54, 1.807) is 31.6 Å². The number of pyridine rings is 3. The monoisotopic (exact) mass is 499 g/mol. The largest absolute Gasteiger partial charge is 0.390 e. The first kappa shape index (κ1) is 27.3. The van der Waals surface area contributed by atoms with Gasteiger partial charge in [0.2, 0.25) is 0 Å². The summed E-state index contributed by atoms with van der Waals surface area (Å²) >= 11 is 0. The van der Waals surface area contributed by atoms with Crippen molar-refractivity contribution in [1.82, 2.24) is 14.5 Å². The van der Waals surface area contributed by atoms with Gasteiger partial charge in [0.05, 0.1) is 23.1 Å². The number of hydrogen-bond donors (Lipinski definition) is 0. The van der Waals surface area contributed by atoms with E-state index in [4.69, 9.17) is 10.1 Å². The summed E-state index contributed by atoms with van der Waals surface area (Å²) < 4.78 is 1.43. The molecule has 0 spiro atoms. The molecule has 0 radical (unpaired) electrons. The normalized spacial score (nSPS) is 13.9. The van der Waals surface area contributed by atoms with Gasteiger partial charge in [-0.2, -0.15) is 10.5 Å². The van der Waals surface area contributed by atoms with Gasteiger partial charge < -0.3 is 14.3 Å². The highest BCUT2D eigenvalue weighted by molar-refractivity contribution is 5.92. The molecule has 3 aromatic heterocycles. The van der Waals surface area contributed by atoms with Crippen LogP contribution in [0.15, 0.2) is 46.5 Å². The third kappa shape index (κ3) is 6.92. The Morgan fingerprint density at radius 3 is 2.46 bits per heavy atom. The molecule has 1 aliphatic carbocycles. The van der Waals surface area contributed by atoms with Crippen LogP contribution >= 0.6 is 0 Å². The Bertz CT molecular complexity index is 1390. The van der Waals surface area contributed by atoms with Gasteiger partial charge in [0.15, 0.2) is 0 Å². The SMILES string of the molecule is CC(C)(C)O/N=C\c1ccccn1.CN(c1c(C#N)c(=O)n(C)c2ccc(C#N)nc12)C1CCCCC1. The van der Waals surface area contributed by atoms with Crippen LogP contribution in [0.4, 0.5) is 5.69 Å². The number of fused-ring (bicyclic) bond motifs is 1. The molecule has 9 heteroatoms. The van der Waals surface area contributed by atoms with E-state index in [2.05, 4.69) is 21.2 Å². The highest BCUT2D eigenvalue weighted by Gasteiger charge is 2.25. The molecule has 1 fully saturated rings. The summed E-state index contributed by atoms with van der Waals surface area (Å²) in [5, 5.41) is 22.6. The van der Waals surface area contributed by atoms with Crippen molar-refractivity contribution in [2.24, 2.45) is 12.2 Å². The molecule has 192 valence electrons. The number of nitriles is 2. The second kappa shape index (κ2) is 12.1. The van der Waals surface area contributed by atoms with E-state index in [0.29, 0.717) is 16.7 Å². The molecule has 1 aliphatic rings. The van der Waals surface area contributed by atoms with Crippen molar-refractivity contribution in [2.75, 3.05) is 11.9 Å². The van der Waals surface area contributed by atoms with Crippen molar-refractivity contribution in [3.63, 3.8) is 0 Å². The lowest BCUT2D eigenvalue weighted by molar-refractivity contribution is 0.00196. The predicted octanol–water partition coefficient (Wildman–Crippen LogP) is 4.68. The van der Waals surface area contributed by atoms with E-state index in [0.717, 1.165) is 31.4 Å². The smallest absolute Gasteiger partial charge is 0.270 e.